The van der Waals surface area contributed by atoms with E-state index in [-0.39, 0.29) is 25.7 Å². The number of esters is 4. The molecule has 0 aliphatic heterocycles. The SMILES string of the molecule is CCCCCCCCCCCC(=O)O[C@H](COC(=O)CCCCCCCCCC)COP(=O)(O)OC[C@H](O)COP(=O)(O)OC[C@@H](COC(=O)CCCCCCCCCCC(C)C)OC(=O)CCCCCCCCCCCCCCCCCCC(C)C. The molecule has 17 nitrogen and oxygen atoms in total. The number of aliphatic hydroxyl groups excluding tert-OH is 1. The van der Waals surface area contributed by atoms with Crippen LogP contribution in [0.4, 0.5) is 0 Å². The highest BCUT2D eigenvalue weighted by atomic mass is 31.2. The lowest BCUT2D eigenvalue weighted by molar-refractivity contribution is -0.161. The summed E-state index contributed by atoms with van der Waals surface area (Å²) < 4.78 is 68.1. The van der Waals surface area contributed by atoms with Crippen molar-refractivity contribution < 1.29 is 80.2 Å². The maximum atomic E-state index is 13.0. The van der Waals surface area contributed by atoms with Crippen LogP contribution in [0.15, 0.2) is 0 Å². The summed E-state index contributed by atoms with van der Waals surface area (Å²) in [6.45, 7) is 9.48. The van der Waals surface area contributed by atoms with E-state index >= 15 is 0 Å². The van der Waals surface area contributed by atoms with Crippen molar-refractivity contribution in [3.63, 3.8) is 0 Å². The highest BCUT2D eigenvalue weighted by molar-refractivity contribution is 7.47. The van der Waals surface area contributed by atoms with E-state index in [0.717, 1.165) is 108 Å². The van der Waals surface area contributed by atoms with Crippen LogP contribution in [-0.4, -0.2) is 96.7 Å². The van der Waals surface area contributed by atoms with Gasteiger partial charge in [-0.05, 0) is 37.5 Å². The Balaban J connectivity index is 5.16. The molecule has 516 valence electrons. The zero-order valence-electron chi connectivity index (χ0n) is 56.3. The fraction of sp³-hybridized carbons (Fsp3) is 0.941. The fourth-order valence-electron chi connectivity index (χ4n) is 10.2. The van der Waals surface area contributed by atoms with E-state index in [2.05, 4.69) is 41.5 Å². The minimum atomic E-state index is -4.95. The molecule has 2 unspecified atom stereocenters. The predicted molar refractivity (Wildman–Crippen MR) is 349 cm³/mol. The summed E-state index contributed by atoms with van der Waals surface area (Å²) >= 11 is 0. The Kier molecular flexibility index (Phi) is 59.0. The number of phosphoric acid groups is 2. The molecule has 0 saturated carbocycles. The zero-order valence-corrected chi connectivity index (χ0v) is 58.1. The second-order valence-corrected chi connectivity index (χ2v) is 28.4. The first-order chi connectivity index (χ1) is 41.9. The normalized spacial score (nSPS) is 14.2. The molecule has 0 spiro atoms. The van der Waals surface area contributed by atoms with Gasteiger partial charge in [-0.25, -0.2) is 9.13 Å². The molecule has 0 fully saturated rings. The van der Waals surface area contributed by atoms with Gasteiger partial charge in [-0.15, -0.1) is 0 Å². The maximum absolute atomic E-state index is 13.0. The van der Waals surface area contributed by atoms with Crippen LogP contribution < -0.4 is 0 Å². The van der Waals surface area contributed by atoms with Crippen LogP contribution >= 0.6 is 15.6 Å². The van der Waals surface area contributed by atoms with Crippen molar-refractivity contribution in [3.05, 3.63) is 0 Å². The highest BCUT2D eigenvalue weighted by Gasteiger charge is 2.30. The Labute approximate surface area is 530 Å². The van der Waals surface area contributed by atoms with Crippen LogP contribution in [0.1, 0.15) is 343 Å². The van der Waals surface area contributed by atoms with Gasteiger partial charge in [-0.1, -0.05) is 292 Å². The smallest absolute Gasteiger partial charge is 0.462 e. The Hall–Kier alpha value is -1.94. The summed E-state index contributed by atoms with van der Waals surface area (Å²) in [6, 6.07) is 0. The largest absolute Gasteiger partial charge is 0.472 e. The molecule has 0 saturated heterocycles. The van der Waals surface area contributed by atoms with E-state index in [4.69, 9.17) is 37.0 Å². The zero-order chi connectivity index (χ0) is 64.3. The third-order valence-corrected chi connectivity index (χ3v) is 17.6. The second kappa shape index (κ2) is 60.3. The molecule has 0 heterocycles. The highest BCUT2D eigenvalue weighted by Crippen LogP contribution is 2.45. The van der Waals surface area contributed by atoms with Gasteiger partial charge in [0.1, 0.15) is 19.3 Å². The number of ether oxygens (including phenoxy) is 4. The molecule has 3 N–H and O–H groups in total. The van der Waals surface area contributed by atoms with Crippen LogP contribution in [0.5, 0.6) is 0 Å². The summed E-state index contributed by atoms with van der Waals surface area (Å²) in [5.74, 6) is -0.596. The summed E-state index contributed by atoms with van der Waals surface area (Å²) in [7, 11) is -9.89. The summed E-state index contributed by atoms with van der Waals surface area (Å²) in [5, 5.41) is 10.5. The van der Waals surface area contributed by atoms with Crippen molar-refractivity contribution in [3.8, 4) is 0 Å². The summed E-state index contributed by atoms with van der Waals surface area (Å²) in [6.07, 6.45) is 44.6. The number of hydrogen-bond acceptors (Lipinski definition) is 15. The van der Waals surface area contributed by atoms with Crippen molar-refractivity contribution in [1.29, 1.82) is 0 Å². The Morgan fingerprint density at radius 2 is 0.529 bits per heavy atom. The topological polar surface area (TPSA) is 237 Å². The molecule has 0 aliphatic carbocycles. The number of aliphatic hydroxyl groups is 1. The lowest BCUT2D eigenvalue weighted by atomic mass is 10.0. The van der Waals surface area contributed by atoms with E-state index in [0.29, 0.717) is 25.7 Å². The van der Waals surface area contributed by atoms with E-state index in [9.17, 15) is 43.2 Å². The van der Waals surface area contributed by atoms with Crippen LogP contribution in [-0.2, 0) is 65.4 Å². The Morgan fingerprint density at radius 1 is 0.310 bits per heavy atom. The van der Waals surface area contributed by atoms with Gasteiger partial charge < -0.3 is 33.8 Å². The van der Waals surface area contributed by atoms with Crippen LogP contribution in [0.25, 0.3) is 0 Å². The molecule has 0 amide bonds. The van der Waals surface area contributed by atoms with E-state index in [1.54, 1.807) is 0 Å². The quantitative estimate of drug-likeness (QED) is 0.0222. The molecule has 0 aromatic carbocycles. The van der Waals surface area contributed by atoms with E-state index in [1.807, 2.05) is 0 Å². The van der Waals surface area contributed by atoms with Crippen molar-refractivity contribution in [2.75, 3.05) is 39.6 Å². The van der Waals surface area contributed by atoms with Gasteiger partial charge in [0.25, 0.3) is 0 Å². The van der Waals surface area contributed by atoms with Gasteiger partial charge >= 0.3 is 39.5 Å². The third kappa shape index (κ3) is 62.6. The third-order valence-electron chi connectivity index (χ3n) is 15.7. The standard InChI is InChI=1S/C68H132O17P2/c1-7-9-11-13-15-25-34-40-46-52-67(72)84-63(56-78-65(70)50-44-38-32-16-14-12-10-8-2)58-82-86(74,75)80-54-62(69)55-81-87(76,77)83-59-64(57-79-66(71)51-45-39-33-29-28-31-37-43-49-61(5)6)85-68(73)53-47-41-35-27-24-22-20-18-17-19-21-23-26-30-36-42-48-60(3)4/h60-64,69H,7-59H2,1-6H3,(H,74,75)(H,76,77)/t62-,63+,64+/m0/s1. The van der Waals surface area contributed by atoms with Crippen molar-refractivity contribution >= 4 is 39.5 Å². The fourth-order valence-corrected chi connectivity index (χ4v) is 11.8. The molecule has 0 aromatic rings. The molecular weight excluding hydrogens is 1150 g/mol. The summed E-state index contributed by atoms with van der Waals surface area (Å²) in [4.78, 5) is 72.3. The van der Waals surface area contributed by atoms with E-state index in [1.165, 1.54) is 154 Å². The van der Waals surface area contributed by atoms with Gasteiger partial charge in [0.05, 0.1) is 26.4 Å². The van der Waals surface area contributed by atoms with Gasteiger partial charge in [0.2, 0.25) is 0 Å². The number of rotatable bonds is 67. The summed E-state index contributed by atoms with van der Waals surface area (Å²) in [5.41, 5.74) is 0. The van der Waals surface area contributed by atoms with Crippen LogP contribution in [0, 0.1) is 11.8 Å². The second-order valence-electron chi connectivity index (χ2n) is 25.5. The molecule has 0 aliphatic rings. The number of hydrogen-bond donors (Lipinski definition) is 3. The predicted octanol–water partition coefficient (Wildman–Crippen LogP) is 19.2. The maximum Gasteiger partial charge on any atom is 0.472 e. The van der Waals surface area contributed by atoms with Crippen LogP contribution in [0.3, 0.4) is 0 Å². The average Bonchev–Trinajstić information content (AvgIpc) is 3.69. The van der Waals surface area contributed by atoms with Gasteiger partial charge in [-0.3, -0.25) is 37.3 Å². The number of carbonyl (C=O) groups excluding carboxylic acids is 4. The minimum absolute atomic E-state index is 0.105. The first-order valence-electron chi connectivity index (χ1n) is 35.5. The number of unbranched alkanes of at least 4 members (excludes halogenated alkanes) is 37. The van der Waals surface area contributed by atoms with E-state index < -0.39 is 97.5 Å². The first kappa shape index (κ1) is 85.1. The molecule has 0 aromatic heterocycles. The lowest BCUT2D eigenvalue weighted by Crippen LogP contribution is -2.30. The Morgan fingerprint density at radius 3 is 0.782 bits per heavy atom. The Bertz CT molecular complexity index is 1700. The van der Waals surface area contributed by atoms with Gasteiger partial charge in [-0.2, -0.15) is 0 Å². The molecular formula is C68H132O17P2. The number of carbonyl (C=O) groups is 4. The molecule has 0 radical (unpaired) electrons. The molecule has 19 heteroatoms. The molecule has 0 bridgehead atoms. The first-order valence-corrected chi connectivity index (χ1v) is 38.5. The monoisotopic (exact) mass is 1280 g/mol. The lowest BCUT2D eigenvalue weighted by Gasteiger charge is -2.21. The molecule has 0 rings (SSSR count). The number of phosphoric ester groups is 2. The molecule has 5 atom stereocenters. The van der Waals surface area contributed by atoms with Gasteiger partial charge in [0, 0.05) is 25.7 Å². The minimum Gasteiger partial charge on any atom is -0.462 e. The van der Waals surface area contributed by atoms with Crippen molar-refractivity contribution in [1.82, 2.24) is 0 Å². The molecule has 87 heavy (non-hydrogen) atoms. The van der Waals surface area contributed by atoms with Crippen molar-refractivity contribution in [2.45, 2.75) is 362 Å². The van der Waals surface area contributed by atoms with Crippen LogP contribution in [0.2, 0.25) is 0 Å². The van der Waals surface area contributed by atoms with Crippen molar-refractivity contribution in [2.24, 2.45) is 11.8 Å². The average molecular weight is 1280 g/mol. The van der Waals surface area contributed by atoms with Gasteiger partial charge in [0.15, 0.2) is 12.2 Å².